The van der Waals surface area contributed by atoms with Crippen molar-refractivity contribution < 1.29 is 0 Å². The van der Waals surface area contributed by atoms with E-state index in [1.54, 1.807) is 0 Å². The Bertz CT molecular complexity index is 144. The summed E-state index contributed by atoms with van der Waals surface area (Å²) in [7, 11) is 0. The van der Waals surface area contributed by atoms with E-state index in [0.29, 0.717) is 0 Å². The summed E-state index contributed by atoms with van der Waals surface area (Å²) in [6.07, 6.45) is 20.0. The van der Waals surface area contributed by atoms with Crippen LogP contribution in [0.15, 0.2) is 24.8 Å². The summed E-state index contributed by atoms with van der Waals surface area (Å²) in [6, 6.07) is 0. The highest BCUT2D eigenvalue weighted by Crippen LogP contribution is 2.09. The third kappa shape index (κ3) is 13.5. The molecule has 0 amide bonds. The minimum absolute atomic E-state index is 1.02. The van der Waals surface area contributed by atoms with Gasteiger partial charge in [-0.2, -0.15) is 0 Å². The maximum atomic E-state index is 3.69. The molecular weight excluding hydrogens is 180 g/mol. The van der Waals surface area contributed by atoms with Crippen LogP contribution in [0.2, 0.25) is 0 Å². The lowest BCUT2D eigenvalue weighted by Gasteiger charge is -1.99. The van der Waals surface area contributed by atoms with Crippen molar-refractivity contribution in [1.29, 1.82) is 0 Å². The summed E-state index contributed by atoms with van der Waals surface area (Å²) in [6.45, 7) is 5.97. The van der Waals surface area contributed by atoms with Crippen molar-refractivity contribution in [2.75, 3.05) is 0 Å². The van der Waals surface area contributed by atoms with Crippen molar-refractivity contribution in [2.45, 2.75) is 71.1 Å². The fourth-order valence-electron chi connectivity index (χ4n) is 1.71. The highest BCUT2D eigenvalue weighted by molar-refractivity contribution is 4.87. The third-order valence-corrected chi connectivity index (χ3v) is 2.69. The molecule has 0 N–H and O–H groups in total. The molecule has 0 fully saturated rings. The highest BCUT2D eigenvalue weighted by Gasteiger charge is 1.89. The van der Waals surface area contributed by atoms with E-state index in [-0.39, 0.29) is 0 Å². The molecule has 0 nitrogen and oxygen atoms in total. The van der Waals surface area contributed by atoms with Gasteiger partial charge >= 0.3 is 0 Å². The molecule has 0 aliphatic heterocycles. The minimum Gasteiger partial charge on any atom is -0.103 e. The Kier molecular flexibility index (Phi) is 13.0. The number of allylic oxidation sites excluding steroid dienone is 3. The molecule has 0 atom stereocenters. The van der Waals surface area contributed by atoms with Crippen LogP contribution in [-0.4, -0.2) is 0 Å². The lowest BCUT2D eigenvalue weighted by atomic mass is 10.1. The van der Waals surface area contributed by atoms with E-state index in [1.165, 1.54) is 57.8 Å². The Morgan fingerprint density at radius 2 is 1.40 bits per heavy atom. The molecule has 0 heteroatoms. The molecule has 0 spiro atoms. The smallest absolute Gasteiger partial charge is 0.0172 e. The quantitative estimate of drug-likeness (QED) is 0.304. The van der Waals surface area contributed by atoms with Crippen molar-refractivity contribution in [1.82, 2.24) is 0 Å². The summed E-state index contributed by atoms with van der Waals surface area (Å²) < 4.78 is 0. The monoisotopic (exact) mass is 208 g/mol. The van der Waals surface area contributed by atoms with Gasteiger partial charge in [-0.15, -0.1) is 6.58 Å². The van der Waals surface area contributed by atoms with Crippen LogP contribution in [0.5, 0.6) is 0 Å². The topological polar surface area (TPSA) is 0 Å². The van der Waals surface area contributed by atoms with Gasteiger partial charge in [0.25, 0.3) is 0 Å². The zero-order chi connectivity index (χ0) is 11.2. The molecule has 0 aliphatic rings. The SMILES string of the molecule is C=CC/C=C/CCCCCCCCCC. The average molecular weight is 208 g/mol. The first-order valence-corrected chi connectivity index (χ1v) is 6.67. The van der Waals surface area contributed by atoms with E-state index in [4.69, 9.17) is 0 Å². The van der Waals surface area contributed by atoms with Gasteiger partial charge < -0.3 is 0 Å². The normalized spacial score (nSPS) is 11.0. The highest BCUT2D eigenvalue weighted by atomic mass is 14.0. The first-order chi connectivity index (χ1) is 7.41. The predicted octanol–water partition coefficient (Wildman–Crippen LogP) is 5.65. The van der Waals surface area contributed by atoms with Gasteiger partial charge in [-0.05, 0) is 19.3 Å². The van der Waals surface area contributed by atoms with Gasteiger partial charge in [-0.25, -0.2) is 0 Å². The van der Waals surface area contributed by atoms with Crippen LogP contribution in [0.25, 0.3) is 0 Å². The second kappa shape index (κ2) is 13.5. The summed E-state index contributed by atoms with van der Waals surface area (Å²) in [5.41, 5.74) is 0. The number of hydrogen-bond acceptors (Lipinski definition) is 0. The van der Waals surface area contributed by atoms with Crippen LogP contribution in [0.4, 0.5) is 0 Å². The second-order valence-electron chi connectivity index (χ2n) is 4.26. The van der Waals surface area contributed by atoms with E-state index >= 15 is 0 Å². The van der Waals surface area contributed by atoms with E-state index in [2.05, 4.69) is 25.7 Å². The Hall–Kier alpha value is -0.520. The maximum Gasteiger partial charge on any atom is -0.0172 e. The van der Waals surface area contributed by atoms with Crippen LogP contribution >= 0.6 is 0 Å². The first kappa shape index (κ1) is 14.5. The number of rotatable bonds is 11. The zero-order valence-corrected chi connectivity index (χ0v) is 10.5. The van der Waals surface area contributed by atoms with E-state index in [0.717, 1.165) is 6.42 Å². The summed E-state index contributed by atoms with van der Waals surface area (Å²) in [5, 5.41) is 0. The first-order valence-electron chi connectivity index (χ1n) is 6.67. The van der Waals surface area contributed by atoms with Crippen LogP contribution in [-0.2, 0) is 0 Å². The Labute approximate surface area is 96.5 Å². The van der Waals surface area contributed by atoms with Gasteiger partial charge in [0.15, 0.2) is 0 Å². The largest absolute Gasteiger partial charge is 0.103 e. The van der Waals surface area contributed by atoms with Crippen molar-refractivity contribution in [3.8, 4) is 0 Å². The van der Waals surface area contributed by atoms with Crippen molar-refractivity contribution in [3.63, 3.8) is 0 Å². The summed E-state index contributed by atoms with van der Waals surface area (Å²) in [4.78, 5) is 0. The van der Waals surface area contributed by atoms with Gasteiger partial charge in [0.1, 0.15) is 0 Å². The molecule has 0 aromatic heterocycles. The summed E-state index contributed by atoms with van der Waals surface area (Å²) >= 11 is 0. The molecule has 0 aromatic rings. The van der Waals surface area contributed by atoms with E-state index in [1.807, 2.05) is 6.08 Å². The number of unbranched alkanes of at least 4 members (excludes halogenated alkanes) is 8. The van der Waals surface area contributed by atoms with Crippen LogP contribution < -0.4 is 0 Å². The molecule has 0 radical (unpaired) electrons. The van der Waals surface area contributed by atoms with Gasteiger partial charge in [0, 0.05) is 0 Å². The molecule has 0 aromatic carbocycles. The van der Waals surface area contributed by atoms with Gasteiger partial charge in [0.2, 0.25) is 0 Å². The van der Waals surface area contributed by atoms with Crippen molar-refractivity contribution >= 4 is 0 Å². The molecule has 0 heterocycles. The molecule has 0 aliphatic carbocycles. The maximum absolute atomic E-state index is 3.69. The predicted molar refractivity (Wildman–Crippen MR) is 71.2 cm³/mol. The van der Waals surface area contributed by atoms with Crippen LogP contribution in [0.1, 0.15) is 71.1 Å². The molecule has 0 bridgehead atoms. The number of hydrogen-bond donors (Lipinski definition) is 0. The molecule has 0 saturated carbocycles. The Morgan fingerprint density at radius 3 is 2.00 bits per heavy atom. The molecule has 15 heavy (non-hydrogen) atoms. The van der Waals surface area contributed by atoms with E-state index in [9.17, 15) is 0 Å². The molecule has 88 valence electrons. The van der Waals surface area contributed by atoms with Gasteiger partial charge in [-0.3, -0.25) is 0 Å². The Morgan fingerprint density at radius 1 is 0.800 bits per heavy atom. The van der Waals surface area contributed by atoms with Crippen LogP contribution in [0, 0.1) is 0 Å². The van der Waals surface area contributed by atoms with Crippen molar-refractivity contribution in [3.05, 3.63) is 24.8 Å². The van der Waals surface area contributed by atoms with Crippen molar-refractivity contribution in [2.24, 2.45) is 0 Å². The van der Waals surface area contributed by atoms with Gasteiger partial charge in [-0.1, -0.05) is 70.1 Å². The molecule has 0 saturated heterocycles. The van der Waals surface area contributed by atoms with Gasteiger partial charge in [0.05, 0.1) is 0 Å². The fourth-order valence-corrected chi connectivity index (χ4v) is 1.71. The van der Waals surface area contributed by atoms with E-state index < -0.39 is 0 Å². The third-order valence-electron chi connectivity index (χ3n) is 2.69. The average Bonchev–Trinajstić information content (AvgIpc) is 2.26. The Balaban J connectivity index is 2.95. The fraction of sp³-hybridized carbons (Fsp3) is 0.733. The lowest BCUT2D eigenvalue weighted by molar-refractivity contribution is 0.577. The second-order valence-corrected chi connectivity index (χ2v) is 4.26. The molecule has 0 unspecified atom stereocenters. The van der Waals surface area contributed by atoms with Crippen LogP contribution in [0.3, 0.4) is 0 Å². The lowest BCUT2D eigenvalue weighted by Crippen LogP contribution is -1.79. The molecule has 0 rings (SSSR count). The zero-order valence-electron chi connectivity index (χ0n) is 10.5. The minimum atomic E-state index is 1.02. The summed E-state index contributed by atoms with van der Waals surface area (Å²) in [5.74, 6) is 0. The molecular formula is C15H28. The standard InChI is InChI=1S/C15H28/c1-3-5-7-9-11-13-15-14-12-10-8-6-4-2/h3,7,9H,1,4-6,8,10-15H2,2H3/b9-7+.